The van der Waals surface area contributed by atoms with Crippen LogP contribution < -0.4 is 5.32 Å². The van der Waals surface area contributed by atoms with Crippen LogP contribution in [0.5, 0.6) is 0 Å². The molecule has 0 unspecified atom stereocenters. The molecule has 0 spiro atoms. The quantitative estimate of drug-likeness (QED) is 0.772. The summed E-state index contributed by atoms with van der Waals surface area (Å²) in [5, 5.41) is 2.77. The van der Waals surface area contributed by atoms with Crippen molar-refractivity contribution < 1.29 is 17.6 Å². The molecule has 0 saturated carbocycles. The molecule has 1 heterocycles. The van der Waals surface area contributed by atoms with Crippen molar-refractivity contribution in [2.45, 2.75) is 17.2 Å². The Hall–Kier alpha value is -1.77. The Balaban J connectivity index is 1.83. The molecule has 0 atom stereocenters. The molecule has 0 bridgehead atoms. The van der Waals surface area contributed by atoms with E-state index in [-0.39, 0.29) is 10.8 Å². The number of amides is 1. The minimum Gasteiger partial charge on any atom is -0.467 e. The van der Waals surface area contributed by atoms with Crippen LogP contribution in [0.15, 0.2) is 52.0 Å². The summed E-state index contributed by atoms with van der Waals surface area (Å²) in [6, 6.07) is 10.3. The molecule has 1 aromatic heterocycles. The fraction of sp³-hybridized carbons (Fsp3) is 0.312. The van der Waals surface area contributed by atoms with E-state index in [2.05, 4.69) is 5.32 Å². The Kier molecular flexibility index (Phi) is 6.47. The van der Waals surface area contributed by atoms with Crippen molar-refractivity contribution in [2.75, 3.05) is 19.8 Å². The number of thioether (sulfide) groups is 1. The van der Waals surface area contributed by atoms with Crippen LogP contribution in [0, 0.1) is 0 Å². The Morgan fingerprint density at radius 3 is 2.71 bits per heavy atom. The van der Waals surface area contributed by atoms with Gasteiger partial charge in [-0.3, -0.25) is 4.79 Å². The molecule has 0 fully saturated rings. The van der Waals surface area contributed by atoms with Gasteiger partial charge >= 0.3 is 0 Å². The van der Waals surface area contributed by atoms with Gasteiger partial charge in [-0.05, 0) is 29.8 Å². The molecule has 2 rings (SSSR count). The molecule has 8 heteroatoms. The Morgan fingerprint density at radius 1 is 1.25 bits per heavy atom. The second-order valence-electron chi connectivity index (χ2n) is 5.28. The van der Waals surface area contributed by atoms with E-state index in [1.807, 2.05) is 6.07 Å². The summed E-state index contributed by atoms with van der Waals surface area (Å²) in [4.78, 5) is 12.0. The lowest BCUT2D eigenvalue weighted by Gasteiger charge is -2.12. The summed E-state index contributed by atoms with van der Waals surface area (Å²) in [5.41, 5.74) is 0.863. The van der Waals surface area contributed by atoms with Gasteiger partial charge in [-0.2, -0.15) is 0 Å². The van der Waals surface area contributed by atoms with E-state index < -0.39 is 10.0 Å². The number of carbonyl (C=O) groups excluding carboxylic acids is 1. The van der Waals surface area contributed by atoms with Gasteiger partial charge in [0, 0.05) is 19.8 Å². The number of furan rings is 1. The zero-order chi connectivity index (χ0) is 17.6. The van der Waals surface area contributed by atoms with Crippen LogP contribution in [-0.4, -0.2) is 38.5 Å². The minimum atomic E-state index is -3.44. The second kappa shape index (κ2) is 8.36. The molecule has 0 aliphatic heterocycles. The van der Waals surface area contributed by atoms with Crippen molar-refractivity contribution in [3.05, 3.63) is 54.0 Å². The number of rotatable bonds is 8. The number of hydrogen-bond donors (Lipinski definition) is 1. The fourth-order valence-corrected chi connectivity index (χ4v) is 3.70. The molecule has 0 aliphatic rings. The first-order valence-corrected chi connectivity index (χ1v) is 9.87. The molecule has 1 N–H and O–H groups in total. The topological polar surface area (TPSA) is 79.6 Å². The largest absolute Gasteiger partial charge is 0.467 e. The number of sulfonamides is 1. The van der Waals surface area contributed by atoms with Crippen LogP contribution in [-0.2, 0) is 27.1 Å². The Labute approximate surface area is 146 Å². The van der Waals surface area contributed by atoms with Gasteiger partial charge in [0.15, 0.2) is 0 Å². The van der Waals surface area contributed by atoms with Crippen molar-refractivity contribution in [1.29, 1.82) is 0 Å². The number of carbonyl (C=O) groups is 1. The monoisotopic (exact) mass is 368 g/mol. The highest BCUT2D eigenvalue weighted by molar-refractivity contribution is 7.99. The molecular weight excluding hydrogens is 348 g/mol. The third-order valence-electron chi connectivity index (χ3n) is 3.22. The predicted octanol–water partition coefficient (Wildman–Crippen LogP) is 2.08. The first-order chi connectivity index (χ1) is 11.4. The highest BCUT2D eigenvalue weighted by Gasteiger charge is 2.17. The summed E-state index contributed by atoms with van der Waals surface area (Å²) in [6.07, 6.45) is 1.56. The van der Waals surface area contributed by atoms with Gasteiger partial charge in [0.25, 0.3) is 0 Å². The smallest absolute Gasteiger partial charge is 0.242 e. The summed E-state index contributed by atoms with van der Waals surface area (Å²) in [7, 11) is -0.440. The lowest BCUT2D eigenvalue weighted by atomic mass is 10.2. The van der Waals surface area contributed by atoms with Gasteiger partial charge in [0.1, 0.15) is 5.76 Å². The molecule has 1 aromatic carbocycles. The number of nitrogens with zero attached hydrogens (tertiary/aromatic N) is 1. The zero-order valence-electron chi connectivity index (χ0n) is 13.6. The highest BCUT2D eigenvalue weighted by Crippen LogP contribution is 2.18. The van der Waals surface area contributed by atoms with E-state index >= 15 is 0 Å². The first kappa shape index (κ1) is 18.6. The lowest BCUT2D eigenvalue weighted by Crippen LogP contribution is -2.24. The van der Waals surface area contributed by atoms with Crippen molar-refractivity contribution in [3.63, 3.8) is 0 Å². The molecule has 130 valence electrons. The van der Waals surface area contributed by atoms with Gasteiger partial charge < -0.3 is 9.73 Å². The van der Waals surface area contributed by atoms with E-state index in [0.717, 1.165) is 5.56 Å². The standard InChI is InChI=1S/C16H20N2O4S2/c1-18(2)24(20,21)15-7-3-5-13(9-15)11-23-12-16(19)17-10-14-6-4-8-22-14/h3-9H,10-12H2,1-2H3,(H,17,19). The molecule has 0 saturated heterocycles. The summed E-state index contributed by atoms with van der Waals surface area (Å²) >= 11 is 1.43. The Bertz CT molecular complexity index is 771. The van der Waals surface area contributed by atoms with E-state index in [4.69, 9.17) is 4.42 Å². The molecule has 1 amide bonds. The second-order valence-corrected chi connectivity index (χ2v) is 8.42. The van der Waals surface area contributed by atoms with Crippen LogP contribution in [0.3, 0.4) is 0 Å². The van der Waals surface area contributed by atoms with Gasteiger partial charge in [-0.15, -0.1) is 11.8 Å². The number of benzene rings is 1. The maximum atomic E-state index is 12.1. The molecule has 24 heavy (non-hydrogen) atoms. The maximum Gasteiger partial charge on any atom is 0.242 e. The minimum absolute atomic E-state index is 0.0894. The van der Waals surface area contributed by atoms with Crippen molar-refractivity contribution in [1.82, 2.24) is 9.62 Å². The van der Waals surface area contributed by atoms with Crippen molar-refractivity contribution >= 4 is 27.7 Å². The zero-order valence-corrected chi connectivity index (χ0v) is 15.2. The average molecular weight is 368 g/mol. The maximum absolute atomic E-state index is 12.1. The normalized spacial score (nSPS) is 11.6. The summed E-state index contributed by atoms with van der Waals surface area (Å²) < 4.78 is 30.5. The SMILES string of the molecule is CN(C)S(=O)(=O)c1cccc(CSCC(=O)NCc2ccco2)c1. The average Bonchev–Trinajstić information content (AvgIpc) is 3.06. The van der Waals surface area contributed by atoms with Crippen LogP contribution in [0.4, 0.5) is 0 Å². The van der Waals surface area contributed by atoms with Gasteiger partial charge in [0.05, 0.1) is 23.5 Å². The number of nitrogens with one attached hydrogen (secondary N) is 1. The first-order valence-electron chi connectivity index (χ1n) is 7.28. The number of hydrogen-bond acceptors (Lipinski definition) is 5. The van der Waals surface area contributed by atoms with Crippen LogP contribution >= 0.6 is 11.8 Å². The Morgan fingerprint density at radius 2 is 2.04 bits per heavy atom. The molecule has 0 radical (unpaired) electrons. The lowest BCUT2D eigenvalue weighted by molar-refractivity contribution is -0.118. The van der Waals surface area contributed by atoms with Crippen LogP contribution in [0.2, 0.25) is 0 Å². The van der Waals surface area contributed by atoms with Crippen molar-refractivity contribution in [3.8, 4) is 0 Å². The summed E-state index contributed by atoms with van der Waals surface area (Å²) in [6.45, 7) is 0.364. The third kappa shape index (κ3) is 5.12. The predicted molar refractivity (Wildman–Crippen MR) is 94.0 cm³/mol. The van der Waals surface area contributed by atoms with Gasteiger partial charge in [-0.25, -0.2) is 12.7 Å². The molecule has 0 aliphatic carbocycles. The van der Waals surface area contributed by atoms with Gasteiger partial charge in [0.2, 0.25) is 15.9 Å². The van der Waals surface area contributed by atoms with Gasteiger partial charge in [-0.1, -0.05) is 12.1 Å². The van der Waals surface area contributed by atoms with E-state index in [1.165, 1.54) is 30.2 Å². The summed E-state index contributed by atoms with van der Waals surface area (Å²) in [5.74, 6) is 1.47. The third-order valence-corrected chi connectivity index (χ3v) is 6.03. The van der Waals surface area contributed by atoms with Crippen LogP contribution in [0.1, 0.15) is 11.3 Å². The van der Waals surface area contributed by atoms with Crippen molar-refractivity contribution in [2.24, 2.45) is 0 Å². The van der Waals surface area contributed by atoms with E-state index in [9.17, 15) is 13.2 Å². The molecule has 2 aromatic rings. The van der Waals surface area contributed by atoms with E-state index in [1.54, 1.807) is 36.6 Å². The van der Waals surface area contributed by atoms with Crippen LogP contribution in [0.25, 0.3) is 0 Å². The van der Waals surface area contributed by atoms with E-state index in [0.29, 0.717) is 23.8 Å². The molecule has 6 nitrogen and oxygen atoms in total. The highest BCUT2D eigenvalue weighted by atomic mass is 32.2. The molecular formula is C16H20N2O4S2. The fourth-order valence-electron chi connectivity index (χ4n) is 1.92.